The molecular formula is C21H16N4O3S. The molecule has 0 saturated heterocycles. The Hall–Kier alpha value is -3.52. The van der Waals surface area contributed by atoms with Gasteiger partial charge in [-0.1, -0.05) is 41.7 Å². The van der Waals surface area contributed by atoms with E-state index in [1.54, 1.807) is 12.0 Å². The zero-order valence-corrected chi connectivity index (χ0v) is 16.6. The van der Waals surface area contributed by atoms with E-state index in [1.807, 2.05) is 55.5 Å². The van der Waals surface area contributed by atoms with E-state index >= 15 is 0 Å². The minimum Gasteiger partial charge on any atom is -0.496 e. The number of carbonyl (C=O) groups excluding carboxylic acids is 1. The number of benzene rings is 2. The SMILES string of the molecule is CCN1C(=O)C(=c2sc3nc(-c4ccccc4OC)nn3c2=O)c2ccccc21. The molecule has 0 bridgehead atoms. The van der Waals surface area contributed by atoms with Gasteiger partial charge in [-0.15, -0.1) is 5.10 Å². The topological polar surface area (TPSA) is 76.8 Å². The minimum atomic E-state index is -0.338. The Morgan fingerprint density at radius 1 is 1.03 bits per heavy atom. The molecule has 29 heavy (non-hydrogen) atoms. The number of aromatic nitrogens is 3. The fourth-order valence-corrected chi connectivity index (χ4v) is 4.64. The van der Waals surface area contributed by atoms with Gasteiger partial charge in [-0.3, -0.25) is 9.59 Å². The number of rotatable bonds is 3. The van der Waals surface area contributed by atoms with Crippen molar-refractivity contribution < 1.29 is 9.53 Å². The van der Waals surface area contributed by atoms with Crippen molar-refractivity contribution in [1.29, 1.82) is 0 Å². The van der Waals surface area contributed by atoms with Gasteiger partial charge in [0.2, 0.25) is 4.96 Å². The lowest BCUT2D eigenvalue weighted by molar-refractivity contribution is -0.113. The fourth-order valence-electron chi connectivity index (χ4n) is 3.64. The van der Waals surface area contributed by atoms with E-state index in [4.69, 9.17) is 4.74 Å². The number of hydrogen-bond donors (Lipinski definition) is 0. The van der Waals surface area contributed by atoms with E-state index in [-0.39, 0.29) is 11.5 Å². The second-order valence-electron chi connectivity index (χ2n) is 6.51. The van der Waals surface area contributed by atoms with Crippen molar-refractivity contribution in [2.75, 3.05) is 18.6 Å². The van der Waals surface area contributed by atoms with Crippen LogP contribution in [0.5, 0.6) is 5.75 Å². The van der Waals surface area contributed by atoms with Crippen LogP contribution in [-0.2, 0) is 4.79 Å². The summed E-state index contributed by atoms with van der Waals surface area (Å²) < 4.78 is 6.99. The third kappa shape index (κ3) is 2.49. The lowest BCUT2D eigenvalue weighted by Gasteiger charge is -2.13. The molecule has 2 aromatic heterocycles. The third-order valence-electron chi connectivity index (χ3n) is 4.97. The molecule has 0 fully saturated rings. The molecule has 1 aliphatic rings. The van der Waals surface area contributed by atoms with Crippen LogP contribution in [0.25, 0.3) is 21.9 Å². The first-order valence-corrected chi connectivity index (χ1v) is 9.94. The predicted octanol–water partition coefficient (Wildman–Crippen LogP) is 2.11. The highest BCUT2D eigenvalue weighted by Crippen LogP contribution is 2.35. The highest BCUT2D eigenvalue weighted by atomic mass is 32.1. The lowest BCUT2D eigenvalue weighted by atomic mass is 10.1. The second kappa shape index (κ2) is 6.52. The van der Waals surface area contributed by atoms with Crippen molar-refractivity contribution in [1.82, 2.24) is 14.6 Å². The number of amides is 1. The molecule has 4 aromatic rings. The van der Waals surface area contributed by atoms with Crippen LogP contribution in [0.4, 0.5) is 5.69 Å². The first kappa shape index (κ1) is 17.6. The van der Waals surface area contributed by atoms with E-state index in [0.29, 0.717) is 38.7 Å². The summed E-state index contributed by atoms with van der Waals surface area (Å²) in [7, 11) is 1.58. The number of para-hydroxylation sites is 2. The highest BCUT2D eigenvalue weighted by molar-refractivity contribution is 7.15. The zero-order valence-electron chi connectivity index (χ0n) is 15.7. The van der Waals surface area contributed by atoms with Crippen LogP contribution in [-0.4, -0.2) is 34.2 Å². The summed E-state index contributed by atoms with van der Waals surface area (Å²) in [6.07, 6.45) is 0. The summed E-state index contributed by atoms with van der Waals surface area (Å²) in [6, 6.07) is 14.9. The normalized spacial score (nSPS) is 15.2. The summed E-state index contributed by atoms with van der Waals surface area (Å²) in [4.78, 5) is 32.8. The van der Waals surface area contributed by atoms with Crippen molar-refractivity contribution in [2.45, 2.75) is 6.92 Å². The molecule has 5 rings (SSSR count). The molecule has 0 atom stereocenters. The molecule has 8 heteroatoms. The van der Waals surface area contributed by atoms with Crippen LogP contribution < -0.4 is 19.7 Å². The minimum absolute atomic E-state index is 0.166. The Labute approximate surface area is 169 Å². The summed E-state index contributed by atoms with van der Waals surface area (Å²) in [5.41, 5.74) is 2.38. The molecule has 0 aliphatic carbocycles. The van der Waals surface area contributed by atoms with E-state index in [9.17, 15) is 9.59 Å². The van der Waals surface area contributed by atoms with Crippen LogP contribution in [0.15, 0.2) is 53.3 Å². The number of nitrogens with zero attached hydrogens (tertiary/aromatic N) is 4. The Kier molecular flexibility index (Phi) is 3.95. The number of ether oxygens (including phenoxy) is 1. The van der Waals surface area contributed by atoms with Gasteiger partial charge in [0.25, 0.3) is 11.5 Å². The maximum atomic E-state index is 13.1. The third-order valence-corrected chi connectivity index (χ3v) is 6.00. The van der Waals surface area contributed by atoms with Crippen molar-refractivity contribution >= 4 is 33.5 Å². The van der Waals surface area contributed by atoms with Gasteiger partial charge in [0.15, 0.2) is 5.82 Å². The predicted molar refractivity (Wildman–Crippen MR) is 111 cm³/mol. The molecule has 0 unspecified atom stereocenters. The van der Waals surface area contributed by atoms with E-state index in [1.165, 1.54) is 15.9 Å². The molecule has 0 saturated carbocycles. The van der Waals surface area contributed by atoms with Crippen molar-refractivity contribution in [3.8, 4) is 17.1 Å². The number of hydrogen-bond acceptors (Lipinski definition) is 6. The number of likely N-dealkylation sites (N-methyl/N-ethyl adjacent to an activating group) is 1. The van der Waals surface area contributed by atoms with Gasteiger partial charge < -0.3 is 9.64 Å². The van der Waals surface area contributed by atoms with E-state index in [2.05, 4.69) is 10.1 Å². The zero-order chi connectivity index (χ0) is 20.1. The molecular weight excluding hydrogens is 388 g/mol. The first-order valence-electron chi connectivity index (χ1n) is 9.12. The number of anilines is 1. The Balaban J connectivity index is 1.75. The largest absolute Gasteiger partial charge is 0.496 e. The van der Waals surface area contributed by atoms with Gasteiger partial charge in [-0.25, -0.2) is 0 Å². The van der Waals surface area contributed by atoms with Gasteiger partial charge in [0, 0.05) is 12.1 Å². The lowest BCUT2D eigenvalue weighted by Crippen LogP contribution is -2.32. The fraction of sp³-hybridized carbons (Fsp3) is 0.143. The van der Waals surface area contributed by atoms with Crippen molar-refractivity contribution in [3.05, 3.63) is 69.0 Å². The van der Waals surface area contributed by atoms with E-state index < -0.39 is 0 Å². The Morgan fingerprint density at radius 3 is 2.48 bits per heavy atom. The number of thiazole rings is 1. The molecule has 0 radical (unpaired) electrons. The molecule has 3 heterocycles. The number of methoxy groups -OCH3 is 1. The summed E-state index contributed by atoms with van der Waals surface area (Å²) in [6.45, 7) is 2.45. The summed E-state index contributed by atoms with van der Waals surface area (Å²) in [5.74, 6) is 0.877. The average Bonchev–Trinajstić information content (AvgIpc) is 3.38. The smallest absolute Gasteiger partial charge is 0.291 e. The van der Waals surface area contributed by atoms with Gasteiger partial charge in [0.05, 0.1) is 23.9 Å². The number of carbonyl (C=O) groups is 1. The van der Waals surface area contributed by atoms with Crippen molar-refractivity contribution in [2.24, 2.45) is 0 Å². The molecule has 2 aromatic carbocycles. The molecule has 1 amide bonds. The summed E-state index contributed by atoms with van der Waals surface area (Å²) >= 11 is 1.18. The molecule has 144 valence electrons. The van der Waals surface area contributed by atoms with Crippen LogP contribution in [0.1, 0.15) is 12.5 Å². The van der Waals surface area contributed by atoms with Crippen LogP contribution in [0, 0.1) is 0 Å². The van der Waals surface area contributed by atoms with Gasteiger partial charge >= 0.3 is 0 Å². The van der Waals surface area contributed by atoms with Crippen molar-refractivity contribution in [3.63, 3.8) is 0 Å². The second-order valence-corrected chi connectivity index (χ2v) is 7.49. The Morgan fingerprint density at radius 2 is 1.76 bits per heavy atom. The van der Waals surface area contributed by atoms with Crippen LogP contribution >= 0.6 is 11.3 Å². The Bertz CT molecular complexity index is 1390. The average molecular weight is 404 g/mol. The summed E-state index contributed by atoms with van der Waals surface area (Å²) in [5, 5.41) is 4.39. The maximum Gasteiger partial charge on any atom is 0.291 e. The first-order chi connectivity index (χ1) is 14.1. The highest BCUT2D eigenvalue weighted by Gasteiger charge is 2.33. The van der Waals surface area contributed by atoms with Gasteiger partial charge in [-0.05, 0) is 25.1 Å². The quantitative estimate of drug-likeness (QED) is 0.523. The molecule has 0 N–H and O–H groups in total. The monoisotopic (exact) mass is 404 g/mol. The van der Waals surface area contributed by atoms with Gasteiger partial charge in [0.1, 0.15) is 10.3 Å². The molecule has 7 nitrogen and oxygen atoms in total. The standard InChI is InChI=1S/C21H16N4O3S/c1-3-24-14-10-6-4-8-12(14)16(19(24)26)17-20(27)25-21(29-17)22-18(23-25)13-9-5-7-11-15(13)28-2/h4-11H,3H2,1-2H3. The molecule has 1 aliphatic heterocycles. The molecule has 0 spiro atoms. The maximum absolute atomic E-state index is 13.1. The van der Waals surface area contributed by atoms with Crippen LogP contribution in [0.2, 0.25) is 0 Å². The number of fused-ring (bicyclic) bond motifs is 2. The van der Waals surface area contributed by atoms with Crippen LogP contribution in [0.3, 0.4) is 0 Å². The van der Waals surface area contributed by atoms with E-state index in [0.717, 1.165) is 11.3 Å². The van der Waals surface area contributed by atoms with Gasteiger partial charge in [-0.2, -0.15) is 9.50 Å².